The van der Waals surface area contributed by atoms with Gasteiger partial charge in [0.05, 0.1) is 33.3 Å². The summed E-state index contributed by atoms with van der Waals surface area (Å²) in [4.78, 5) is 18.9. The highest BCUT2D eigenvalue weighted by Crippen LogP contribution is 2.26. The summed E-state index contributed by atoms with van der Waals surface area (Å²) in [7, 11) is 0. The third-order valence-corrected chi connectivity index (χ3v) is 6.25. The van der Waals surface area contributed by atoms with Crippen LogP contribution in [0.15, 0.2) is 30.3 Å². The number of nitrogens with one attached hydrogen (secondary N) is 1. The van der Waals surface area contributed by atoms with Crippen LogP contribution in [0.5, 0.6) is 0 Å². The molecule has 6 heteroatoms. The quantitative estimate of drug-likeness (QED) is 0.732. The van der Waals surface area contributed by atoms with Crippen molar-refractivity contribution in [1.82, 2.24) is 20.1 Å². The zero-order valence-corrected chi connectivity index (χ0v) is 16.6. The van der Waals surface area contributed by atoms with Crippen molar-refractivity contribution in [3.8, 4) is 5.69 Å². The van der Waals surface area contributed by atoms with E-state index in [0.717, 1.165) is 41.3 Å². The number of nitrogens with zero attached hydrogens (tertiary/aromatic N) is 3. The predicted octanol–water partition coefficient (Wildman–Crippen LogP) is 3.80. The smallest absolute Gasteiger partial charge is 0.255 e. The Morgan fingerprint density at radius 3 is 2.74 bits per heavy atom. The van der Waals surface area contributed by atoms with Crippen molar-refractivity contribution in [2.45, 2.75) is 46.0 Å². The molecular formula is C21H24N4OS. The molecule has 2 heterocycles. The number of aryl methyl sites for hydroxylation is 3. The fraction of sp³-hybridized carbons (Fsp3) is 0.381. The molecule has 1 aromatic carbocycles. The molecule has 1 aliphatic rings. The van der Waals surface area contributed by atoms with E-state index in [1.54, 1.807) is 0 Å². The van der Waals surface area contributed by atoms with Gasteiger partial charge in [0, 0.05) is 17.8 Å². The average molecular weight is 381 g/mol. The molecule has 1 N–H and O–H groups in total. The summed E-state index contributed by atoms with van der Waals surface area (Å²) in [6.45, 7) is 4.42. The van der Waals surface area contributed by atoms with Crippen LogP contribution >= 0.6 is 11.3 Å². The van der Waals surface area contributed by atoms with Gasteiger partial charge in [0.15, 0.2) is 0 Å². The molecule has 3 aromatic rings. The molecule has 2 aromatic heterocycles. The van der Waals surface area contributed by atoms with E-state index in [4.69, 9.17) is 4.98 Å². The molecule has 0 radical (unpaired) electrons. The van der Waals surface area contributed by atoms with Gasteiger partial charge in [-0.3, -0.25) is 4.79 Å². The molecule has 1 amide bonds. The first-order valence-electron chi connectivity index (χ1n) is 9.51. The third kappa shape index (κ3) is 3.67. The molecule has 0 bridgehead atoms. The summed E-state index contributed by atoms with van der Waals surface area (Å²) >= 11 is 1.81. The molecule has 0 saturated carbocycles. The van der Waals surface area contributed by atoms with Gasteiger partial charge in [0.1, 0.15) is 0 Å². The summed E-state index contributed by atoms with van der Waals surface area (Å²) in [6.07, 6.45) is 5.58. The Morgan fingerprint density at radius 2 is 1.96 bits per heavy atom. The number of aromatic nitrogens is 3. The number of carbonyl (C=O) groups is 1. The lowest BCUT2D eigenvalue weighted by Crippen LogP contribution is -2.26. The second kappa shape index (κ2) is 7.64. The topological polar surface area (TPSA) is 59.8 Å². The molecule has 0 unspecified atom stereocenters. The molecule has 140 valence electrons. The van der Waals surface area contributed by atoms with Crippen LogP contribution in [-0.4, -0.2) is 27.2 Å². The fourth-order valence-electron chi connectivity index (χ4n) is 3.68. The first kappa shape index (κ1) is 17.9. The highest BCUT2D eigenvalue weighted by molar-refractivity contribution is 7.11. The largest absolute Gasteiger partial charge is 0.351 e. The minimum atomic E-state index is -0.0616. The number of para-hydroxylation sites is 1. The SMILES string of the molecule is Cc1nn(-c2ccccc2)c(C)c1C(=O)NCCc1nc2c(s1)CCCC2. The molecular weight excluding hydrogens is 356 g/mol. The maximum atomic E-state index is 12.7. The standard InChI is InChI=1S/C21H24N4OS/c1-14-20(15(2)25(24-14)16-8-4-3-5-9-16)21(26)22-13-12-19-23-17-10-6-7-11-18(17)27-19/h3-5,8-9H,6-7,10-13H2,1-2H3,(H,22,26). The third-order valence-electron chi connectivity index (χ3n) is 5.03. The maximum absolute atomic E-state index is 12.7. The van der Waals surface area contributed by atoms with Crippen molar-refractivity contribution < 1.29 is 4.79 Å². The van der Waals surface area contributed by atoms with Gasteiger partial charge >= 0.3 is 0 Å². The minimum Gasteiger partial charge on any atom is -0.351 e. The van der Waals surface area contributed by atoms with Crippen LogP contribution in [0.3, 0.4) is 0 Å². The number of hydrogen-bond acceptors (Lipinski definition) is 4. The van der Waals surface area contributed by atoms with E-state index >= 15 is 0 Å². The zero-order chi connectivity index (χ0) is 18.8. The summed E-state index contributed by atoms with van der Waals surface area (Å²) in [5, 5.41) is 8.74. The lowest BCUT2D eigenvalue weighted by Gasteiger charge is -2.06. The van der Waals surface area contributed by atoms with Crippen molar-refractivity contribution in [1.29, 1.82) is 0 Å². The molecule has 0 saturated heterocycles. The average Bonchev–Trinajstić information content (AvgIpc) is 3.22. The van der Waals surface area contributed by atoms with Crippen LogP contribution < -0.4 is 5.32 Å². The van der Waals surface area contributed by atoms with Gasteiger partial charge in [-0.05, 0) is 51.7 Å². The van der Waals surface area contributed by atoms with Crippen LogP contribution in [0.4, 0.5) is 0 Å². The van der Waals surface area contributed by atoms with E-state index in [2.05, 4.69) is 10.4 Å². The van der Waals surface area contributed by atoms with E-state index in [1.807, 2.05) is 60.2 Å². The summed E-state index contributed by atoms with van der Waals surface area (Å²) < 4.78 is 1.83. The van der Waals surface area contributed by atoms with Crippen molar-refractivity contribution in [2.75, 3.05) is 6.54 Å². The highest BCUT2D eigenvalue weighted by atomic mass is 32.1. The Labute approximate surface area is 163 Å². The number of hydrogen-bond donors (Lipinski definition) is 1. The first-order chi connectivity index (χ1) is 13.1. The number of carbonyl (C=O) groups excluding carboxylic acids is 1. The fourth-order valence-corrected chi connectivity index (χ4v) is 4.83. The Hall–Kier alpha value is -2.47. The van der Waals surface area contributed by atoms with E-state index in [-0.39, 0.29) is 5.91 Å². The Morgan fingerprint density at radius 1 is 1.19 bits per heavy atom. The summed E-state index contributed by atoms with van der Waals surface area (Å²) in [6, 6.07) is 9.90. The van der Waals surface area contributed by atoms with Crippen LogP contribution in [0.25, 0.3) is 5.69 Å². The number of rotatable bonds is 5. The summed E-state index contributed by atoms with van der Waals surface area (Å²) in [5.41, 5.74) is 4.52. The normalized spacial score (nSPS) is 13.4. The van der Waals surface area contributed by atoms with Crippen LogP contribution in [-0.2, 0) is 19.3 Å². The number of thiazole rings is 1. The summed E-state index contributed by atoms with van der Waals surface area (Å²) in [5.74, 6) is -0.0616. The van der Waals surface area contributed by atoms with Gasteiger partial charge in [0.2, 0.25) is 0 Å². The van der Waals surface area contributed by atoms with Crippen molar-refractivity contribution in [3.05, 3.63) is 62.9 Å². The van der Waals surface area contributed by atoms with Gasteiger partial charge in [0.25, 0.3) is 5.91 Å². The first-order valence-corrected chi connectivity index (χ1v) is 10.3. The van der Waals surface area contributed by atoms with Crippen molar-refractivity contribution in [2.24, 2.45) is 0 Å². The lowest BCUT2D eigenvalue weighted by molar-refractivity contribution is 0.0953. The Kier molecular flexibility index (Phi) is 5.07. The van der Waals surface area contributed by atoms with Crippen molar-refractivity contribution >= 4 is 17.2 Å². The van der Waals surface area contributed by atoms with Crippen LogP contribution in [0, 0.1) is 13.8 Å². The molecule has 0 fully saturated rings. The van der Waals surface area contributed by atoms with E-state index in [9.17, 15) is 4.79 Å². The van der Waals surface area contributed by atoms with Gasteiger partial charge in [-0.2, -0.15) is 5.10 Å². The molecule has 0 aliphatic heterocycles. The molecule has 27 heavy (non-hydrogen) atoms. The van der Waals surface area contributed by atoms with Gasteiger partial charge in [-0.15, -0.1) is 11.3 Å². The number of fused-ring (bicyclic) bond motifs is 1. The number of amides is 1. The lowest BCUT2D eigenvalue weighted by atomic mass is 10.0. The monoisotopic (exact) mass is 380 g/mol. The van der Waals surface area contributed by atoms with E-state index in [1.165, 1.54) is 23.4 Å². The highest BCUT2D eigenvalue weighted by Gasteiger charge is 2.20. The Bertz CT molecular complexity index is 935. The van der Waals surface area contributed by atoms with Crippen LogP contribution in [0.2, 0.25) is 0 Å². The minimum absolute atomic E-state index is 0.0616. The second-order valence-corrected chi connectivity index (χ2v) is 8.15. The predicted molar refractivity (Wildman–Crippen MR) is 108 cm³/mol. The molecule has 0 atom stereocenters. The molecule has 0 spiro atoms. The van der Waals surface area contributed by atoms with Gasteiger partial charge in [-0.25, -0.2) is 9.67 Å². The van der Waals surface area contributed by atoms with Crippen molar-refractivity contribution in [3.63, 3.8) is 0 Å². The van der Waals surface area contributed by atoms with Crippen LogP contribution in [0.1, 0.15) is 50.2 Å². The maximum Gasteiger partial charge on any atom is 0.255 e. The van der Waals surface area contributed by atoms with E-state index in [0.29, 0.717) is 12.1 Å². The Balaban J connectivity index is 1.43. The van der Waals surface area contributed by atoms with E-state index < -0.39 is 0 Å². The van der Waals surface area contributed by atoms with Gasteiger partial charge in [-0.1, -0.05) is 18.2 Å². The second-order valence-electron chi connectivity index (χ2n) is 6.98. The molecule has 5 nitrogen and oxygen atoms in total. The number of benzene rings is 1. The molecule has 4 rings (SSSR count). The molecule has 1 aliphatic carbocycles. The zero-order valence-electron chi connectivity index (χ0n) is 15.8. The van der Waals surface area contributed by atoms with Gasteiger partial charge < -0.3 is 5.32 Å².